The van der Waals surface area contributed by atoms with Crippen LogP contribution < -0.4 is 4.74 Å². The number of hydrogen-bond acceptors (Lipinski definition) is 3. The van der Waals surface area contributed by atoms with Crippen LogP contribution in [0, 0.1) is 0 Å². The van der Waals surface area contributed by atoms with Gasteiger partial charge in [-0.15, -0.1) is 0 Å². The third kappa shape index (κ3) is 8.37. The van der Waals surface area contributed by atoms with Crippen molar-refractivity contribution in [3.05, 3.63) is 136 Å². The maximum absolute atomic E-state index is 13.6. The van der Waals surface area contributed by atoms with Gasteiger partial charge in [0, 0.05) is 25.6 Å². The Morgan fingerprint density at radius 3 is 2.07 bits per heavy atom. The largest absolute Gasteiger partial charge is 0.494 e. The molecular formula is C34H33ClF3NO3. The van der Waals surface area contributed by atoms with Crippen LogP contribution in [0.1, 0.15) is 53.0 Å². The fourth-order valence-corrected chi connectivity index (χ4v) is 5.22. The highest BCUT2D eigenvalue weighted by molar-refractivity contribution is 6.32. The fraction of sp³-hybridized carbons (Fsp3) is 0.265. The van der Waals surface area contributed by atoms with Crippen LogP contribution in [0.2, 0.25) is 5.02 Å². The third-order valence-corrected chi connectivity index (χ3v) is 7.68. The highest BCUT2D eigenvalue weighted by Crippen LogP contribution is 2.37. The van der Waals surface area contributed by atoms with Gasteiger partial charge in [0.2, 0.25) is 0 Å². The lowest BCUT2D eigenvalue weighted by atomic mass is 9.90. The molecule has 0 fully saturated rings. The van der Waals surface area contributed by atoms with E-state index in [1.807, 2.05) is 36.4 Å². The van der Waals surface area contributed by atoms with Gasteiger partial charge in [-0.3, -0.25) is 9.69 Å². The van der Waals surface area contributed by atoms with Crippen molar-refractivity contribution in [1.29, 1.82) is 0 Å². The summed E-state index contributed by atoms with van der Waals surface area (Å²) in [4.78, 5) is 13.5. The summed E-state index contributed by atoms with van der Waals surface area (Å²) in [5.41, 5.74) is 2.41. The number of rotatable bonds is 13. The van der Waals surface area contributed by atoms with Gasteiger partial charge < -0.3 is 9.84 Å². The second-order valence-corrected chi connectivity index (χ2v) is 10.6. The van der Waals surface area contributed by atoms with Gasteiger partial charge in [0.1, 0.15) is 5.75 Å². The Labute approximate surface area is 249 Å². The molecule has 1 N–H and O–H groups in total. The Bertz CT molecular complexity index is 1410. The standard InChI is InChI=1S/C34H33ClF3NO3/c1-24(33(40)41)27-15-8-17-29(21-27)42-20-10-19-39(22-28-16-9-18-31(32(28)35)34(36,37)38)23-30(25-11-4-2-5-12-25)26-13-6-3-7-14-26/h2-9,11-18,21,24,30H,10,19-20,22-23H2,1H3,(H,40,41). The van der Waals surface area contributed by atoms with Crippen molar-refractivity contribution in [1.82, 2.24) is 4.90 Å². The number of aliphatic carboxylic acids is 1. The van der Waals surface area contributed by atoms with Crippen molar-refractivity contribution in [3.8, 4) is 5.75 Å². The lowest BCUT2D eigenvalue weighted by Crippen LogP contribution is -2.31. The van der Waals surface area contributed by atoms with Crippen molar-refractivity contribution in [2.24, 2.45) is 0 Å². The van der Waals surface area contributed by atoms with Crippen LogP contribution in [-0.2, 0) is 17.5 Å². The highest BCUT2D eigenvalue weighted by atomic mass is 35.5. The average Bonchev–Trinajstić information content (AvgIpc) is 2.98. The maximum atomic E-state index is 13.6. The molecule has 0 bridgehead atoms. The molecule has 4 aromatic rings. The second-order valence-electron chi connectivity index (χ2n) is 10.2. The molecule has 0 aliphatic heterocycles. The van der Waals surface area contributed by atoms with E-state index >= 15 is 0 Å². The first kappa shape index (κ1) is 31.1. The van der Waals surface area contributed by atoms with E-state index in [9.17, 15) is 23.1 Å². The van der Waals surface area contributed by atoms with Crippen molar-refractivity contribution in [2.45, 2.75) is 37.9 Å². The molecule has 42 heavy (non-hydrogen) atoms. The molecule has 1 unspecified atom stereocenters. The van der Waals surface area contributed by atoms with Crippen LogP contribution >= 0.6 is 11.6 Å². The van der Waals surface area contributed by atoms with Gasteiger partial charge in [-0.2, -0.15) is 13.2 Å². The molecule has 220 valence electrons. The monoisotopic (exact) mass is 595 g/mol. The highest BCUT2D eigenvalue weighted by Gasteiger charge is 2.34. The Kier molecular flexibility index (Phi) is 10.7. The molecule has 0 aromatic heterocycles. The van der Waals surface area contributed by atoms with Gasteiger partial charge in [0.05, 0.1) is 23.1 Å². The molecule has 4 nitrogen and oxygen atoms in total. The van der Waals surface area contributed by atoms with E-state index < -0.39 is 23.6 Å². The molecule has 0 saturated carbocycles. The summed E-state index contributed by atoms with van der Waals surface area (Å²) in [6.07, 6.45) is -3.96. The number of ether oxygens (including phenoxy) is 1. The molecule has 0 radical (unpaired) electrons. The van der Waals surface area contributed by atoms with Crippen molar-refractivity contribution < 1.29 is 27.8 Å². The zero-order chi connectivity index (χ0) is 30.1. The normalized spacial score (nSPS) is 12.5. The number of carbonyl (C=O) groups is 1. The first-order valence-electron chi connectivity index (χ1n) is 13.8. The van der Waals surface area contributed by atoms with Crippen LogP contribution in [0.25, 0.3) is 0 Å². The predicted octanol–water partition coefficient (Wildman–Crippen LogP) is 8.65. The Hall–Kier alpha value is -3.81. The Balaban J connectivity index is 1.55. The van der Waals surface area contributed by atoms with Crippen LogP contribution in [0.4, 0.5) is 13.2 Å². The number of hydrogen-bond donors (Lipinski definition) is 1. The molecule has 1 atom stereocenters. The van der Waals surface area contributed by atoms with E-state index in [4.69, 9.17) is 16.3 Å². The summed E-state index contributed by atoms with van der Waals surface area (Å²) in [5, 5.41) is 9.04. The molecule has 0 spiro atoms. The summed E-state index contributed by atoms with van der Waals surface area (Å²) in [6.45, 7) is 3.28. The van der Waals surface area contributed by atoms with Crippen molar-refractivity contribution in [3.63, 3.8) is 0 Å². The van der Waals surface area contributed by atoms with Gasteiger partial charge >= 0.3 is 12.1 Å². The minimum atomic E-state index is -4.55. The molecule has 0 heterocycles. The molecular weight excluding hydrogens is 563 g/mol. The zero-order valence-electron chi connectivity index (χ0n) is 23.2. The lowest BCUT2D eigenvalue weighted by Gasteiger charge is -2.29. The second kappa shape index (κ2) is 14.4. The fourth-order valence-electron chi connectivity index (χ4n) is 4.92. The summed E-state index contributed by atoms with van der Waals surface area (Å²) >= 11 is 6.30. The number of nitrogens with zero attached hydrogens (tertiary/aromatic N) is 1. The first-order valence-corrected chi connectivity index (χ1v) is 14.1. The number of benzene rings is 4. The smallest absolute Gasteiger partial charge is 0.417 e. The minimum Gasteiger partial charge on any atom is -0.494 e. The summed E-state index contributed by atoms with van der Waals surface area (Å²) in [7, 11) is 0. The first-order chi connectivity index (χ1) is 20.1. The van der Waals surface area contributed by atoms with E-state index in [1.165, 1.54) is 6.07 Å². The van der Waals surface area contributed by atoms with E-state index in [1.54, 1.807) is 37.3 Å². The SMILES string of the molecule is CC(C(=O)O)c1cccc(OCCCN(Cc2cccc(C(F)(F)F)c2Cl)CC(c2ccccc2)c2ccccc2)c1. The molecule has 4 aromatic carbocycles. The van der Waals surface area contributed by atoms with Crippen LogP contribution in [0.5, 0.6) is 5.75 Å². The van der Waals surface area contributed by atoms with Gasteiger partial charge in [-0.25, -0.2) is 0 Å². The Morgan fingerprint density at radius 2 is 1.48 bits per heavy atom. The van der Waals surface area contributed by atoms with Crippen LogP contribution in [-0.4, -0.2) is 35.7 Å². The van der Waals surface area contributed by atoms with Gasteiger partial charge in [0.15, 0.2) is 0 Å². The van der Waals surface area contributed by atoms with E-state index in [0.29, 0.717) is 43.0 Å². The van der Waals surface area contributed by atoms with E-state index in [-0.39, 0.29) is 17.5 Å². The van der Waals surface area contributed by atoms with Crippen LogP contribution in [0.3, 0.4) is 0 Å². The van der Waals surface area contributed by atoms with E-state index in [2.05, 4.69) is 29.2 Å². The summed E-state index contributed by atoms with van der Waals surface area (Å²) in [6, 6.07) is 31.1. The summed E-state index contributed by atoms with van der Waals surface area (Å²) < 4.78 is 46.8. The van der Waals surface area contributed by atoms with Crippen molar-refractivity contribution in [2.75, 3.05) is 19.7 Å². The van der Waals surface area contributed by atoms with Gasteiger partial charge in [-0.1, -0.05) is 96.5 Å². The van der Waals surface area contributed by atoms with Gasteiger partial charge in [0.25, 0.3) is 0 Å². The molecule has 0 saturated heterocycles. The molecule has 4 rings (SSSR count). The maximum Gasteiger partial charge on any atom is 0.417 e. The molecule has 0 aliphatic carbocycles. The lowest BCUT2D eigenvalue weighted by molar-refractivity contribution is -0.138. The number of halogens is 4. The zero-order valence-corrected chi connectivity index (χ0v) is 24.0. The molecule has 8 heteroatoms. The third-order valence-electron chi connectivity index (χ3n) is 7.24. The minimum absolute atomic E-state index is 0.0212. The topological polar surface area (TPSA) is 49.8 Å². The van der Waals surface area contributed by atoms with E-state index in [0.717, 1.165) is 17.2 Å². The molecule has 0 amide bonds. The molecule has 0 aliphatic rings. The quantitative estimate of drug-likeness (QED) is 0.157. The predicted molar refractivity (Wildman–Crippen MR) is 159 cm³/mol. The number of alkyl halides is 3. The Morgan fingerprint density at radius 1 is 0.881 bits per heavy atom. The number of carboxylic acid groups (broad SMARTS) is 1. The summed E-state index contributed by atoms with van der Waals surface area (Å²) in [5.74, 6) is -1.02. The van der Waals surface area contributed by atoms with Crippen LogP contribution in [0.15, 0.2) is 103 Å². The van der Waals surface area contributed by atoms with Gasteiger partial charge in [-0.05, 0) is 53.8 Å². The number of carboxylic acids is 1. The average molecular weight is 596 g/mol. The van der Waals surface area contributed by atoms with Crippen molar-refractivity contribution >= 4 is 17.6 Å².